The molecule has 23 heavy (non-hydrogen) atoms. The van der Waals surface area contributed by atoms with Crippen LogP contribution in [0.2, 0.25) is 0 Å². The summed E-state index contributed by atoms with van der Waals surface area (Å²) in [6, 6.07) is 6.44. The second-order valence-corrected chi connectivity index (χ2v) is 6.14. The van der Waals surface area contributed by atoms with Gasteiger partial charge in [0, 0.05) is 63.6 Å². The smallest absolute Gasteiger partial charge is 0.129 e. The molecule has 3 rings (SSSR count). The van der Waals surface area contributed by atoms with Crippen molar-refractivity contribution in [3.05, 3.63) is 53.6 Å². The van der Waals surface area contributed by atoms with Gasteiger partial charge in [0.25, 0.3) is 0 Å². The van der Waals surface area contributed by atoms with Gasteiger partial charge in [-0.05, 0) is 6.07 Å². The first-order valence-corrected chi connectivity index (χ1v) is 7.96. The molecule has 1 fully saturated rings. The van der Waals surface area contributed by atoms with Crippen LogP contribution >= 0.6 is 0 Å². The fourth-order valence-corrected chi connectivity index (χ4v) is 3.03. The maximum absolute atomic E-state index is 13.7. The lowest BCUT2D eigenvalue weighted by Crippen LogP contribution is -2.47. The Morgan fingerprint density at radius 1 is 1.17 bits per heavy atom. The van der Waals surface area contributed by atoms with E-state index in [1.54, 1.807) is 18.2 Å². The molecule has 0 bridgehead atoms. The Kier molecular flexibility index (Phi) is 5.05. The van der Waals surface area contributed by atoms with E-state index in [4.69, 9.17) is 0 Å². The van der Waals surface area contributed by atoms with Gasteiger partial charge in [-0.3, -0.25) is 14.5 Å². The number of aromatic nitrogens is 2. The molecule has 1 aromatic carbocycles. The Hall–Kier alpha value is -1.76. The summed E-state index contributed by atoms with van der Waals surface area (Å²) in [5, 5.41) is 14.4. The van der Waals surface area contributed by atoms with E-state index in [2.05, 4.69) is 14.9 Å². The van der Waals surface area contributed by atoms with Crippen LogP contribution in [0.25, 0.3) is 0 Å². The highest BCUT2D eigenvalue weighted by molar-refractivity contribution is 5.20. The van der Waals surface area contributed by atoms with E-state index in [1.165, 1.54) is 11.6 Å². The minimum atomic E-state index is -0.777. The van der Waals surface area contributed by atoms with E-state index in [9.17, 15) is 9.50 Å². The third-order valence-electron chi connectivity index (χ3n) is 4.32. The number of rotatable bonds is 5. The lowest BCUT2D eigenvalue weighted by molar-refractivity contribution is 0.0685. The van der Waals surface area contributed by atoms with Gasteiger partial charge in [-0.15, -0.1) is 0 Å². The van der Waals surface area contributed by atoms with Gasteiger partial charge in [-0.2, -0.15) is 5.10 Å². The summed E-state index contributed by atoms with van der Waals surface area (Å²) in [5.74, 6) is -0.338. The molecule has 0 radical (unpaired) electrons. The summed E-state index contributed by atoms with van der Waals surface area (Å²) < 4.78 is 15.5. The van der Waals surface area contributed by atoms with Crippen molar-refractivity contribution in [1.29, 1.82) is 0 Å². The van der Waals surface area contributed by atoms with Crippen molar-refractivity contribution in [2.75, 3.05) is 32.7 Å². The van der Waals surface area contributed by atoms with E-state index >= 15 is 0 Å². The van der Waals surface area contributed by atoms with Gasteiger partial charge in [0.05, 0.1) is 12.3 Å². The summed E-state index contributed by atoms with van der Waals surface area (Å²) in [6.07, 6.45) is 3.16. The first kappa shape index (κ1) is 16.1. The minimum absolute atomic E-state index is 0.338. The molecule has 2 heterocycles. The number of hydrogen-bond donors (Lipinski definition) is 1. The van der Waals surface area contributed by atoms with Gasteiger partial charge < -0.3 is 5.11 Å². The second kappa shape index (κ2) is 7.21. The predicted octanol–water partition coefficient (Wildman–Crippen LogP) is 1.41. The molecule has 1 aliphatic heterocycles. The summed E-state index contributed by atoms with van der Waals surface area (Å²) in [6.45, 7) is 5.02. The molecule has 5 nitrogen and oxygen atoms in total. The van der Waals surface area contributed by atoms with Gasteiger partial charge >= 0.3 is 0 Å². The normalized spacial score (nSPS) is 18.2. The molecule has 6 heteroatoms. The standard InChI is InChI=1S/C17H23FN4O/c1-20-11-14(10-19-20)12-21-6-8-22(9-7-21)13-17(23)15-4-2-3-5-16(15)18/h2-5,10-11,17,23H,6-9,12-13H2,1H3/t17-/m0/s1. The SMILES string of the molecule is Cn1cc(CN2CCN(C[C@H](O)c3ccccc3F)CC2)cn1. The third-order valence-corrected chi connectivity index (χ3v) is 4.32. The molecule has 0 amide bonds. The zero-order chi connectivity index (χ0) is 16.2. The van der Waals surface area contributed by atoms with Crippen LogP contribution in [-0.4, -0.2) is 57.4 Å². The maximum atomic E-state index is 13.7. The average molecular weight is 318 g/mol. The van der Waals surface area contributed by atoms with Crippen LogP contribution in [0.4, 0.5) is 4.39 Å². The molecule has 1 saturated heterocycles. The fraction of sp³-hybridized carbons (Fsp3) is 0.471. The molecule has 124 valence electrons. The molecule has 1 atom stereocenters. The molecule has 1 aromatic heterocycles. The van der Waals surface area contributed by atoms with Crippen molar-refractivity contribution in [1.82, 2.24) is 19.6 Å². The Morgan fingerprint density at radius 3 is 2.52 bits per heavy atom. The topological polar surface area (TPSA) is 44.5 Å². The first-order chi connectivity index (χ1) is 11.1. The number of aliphatic hydroxyl groups is 1. The lowest BCUT2D eigenvalue weighted by Gasteiger charge is -2.35. The van der Waals surface area contributed by atoms with Crippen molar-refractivity contribution in [3.8, 4) is 0 Å². The van der Waals surface area contributed by atoms with Gasteiger partial charge in [0.2, 0.25) is 0 Å². The third kappa shape index (κ3) is 4.16. The van der Waals surface area contributed by atoms with Crippen LogP contribution in [0.3, 0.4) is 0 Å². The number of halogens is 1. The van der Waals surface area contributed by atoms with E-state index in [0.29, 0.717) is 12.1 Å². The highest BCUT2D eigenvalue weighted by Gasteiger charge is 2.21. The van der Waals surface area contributed by atoms with Crippen molar-refractivity contribution in [2.24, 2.45) is 7.05 Å². The molecule has 0 saturated carbocycles. The second-order valence-electron chi connectivity index (χ2n) is 6.14. The Balaban J connectivity index is 1.48. The number of aliphatic hydroxyl groups excluding tert-OH is 1. The number of piperazine rings is 1. The van der Waals surface area contributed by atoms with Gasteiger partial charge in [-0.25, -0.2) is 4.39 Å². The maximum Gasteiger partial charge on any atom is 0.129 e. The van der Waals surface area contributed by atoms with E-state index in [-0.39, 0.29) is 5.82 Å². The molecular weight excluding hydrogens is 295 g/mol. The van der Waals surface area contributed by atoms with Crippen molar-refractivity contribution < 1.29 is 9.50 Å². The van der Waals surface area contributed by atoms with E-state index in [0.717, 1.165) is 32.7 Å². The Bertz CT molecular complexity index is 637. The molecule has 0 aliphatic carbocycles. The molecule has 1 N–H and O–H groups in total. The summed E-state index contributed by atoms with van der Waals surface area (Å²) in [7, 11) is 1.92. The average Bonchev–Trinajstić information content (AvgIpc) is 2.95. The molecule has 0 spiro atoms. The highest BCUT2D eigenvalue weighted by Crippen LogP contribution is 2.18. The summed E-state index contributed by atoms with van der Waals surface area (Å²) in [5.41, 5.74) is 1.60. The van der Waals surface area contributed by atoms with E-state index in [1.807, 2.05) is 24.1 Å². The predicted molar refractivity (Wildman–Crippen MR) is 86.3 cm³/mol. The van der Waals surface area contributed by atoms with Crippen molar-refractivity contribution in [3.63, 3.8) is 0 Å². The van der Waals surface area contributed by atoms with Crippen LogP contribution in [-0.2, 0) is 13.6 Å². The van der Waals surface area contributed by atoms with Crippen LogP contribution in [0.1, 0.15) is 17.2 Å². The number of aryl methyl sites for hydroxylation is 1. The largest absolute Gasteiger partial charge is 0.387 e. The number of benzene rings is 1. The molecular formula is C17H23FN4O. The quantitative estimate of drug-likeness (QED) is 0.905. The van der Waals surface area contributed by atoms with Crippen molar-refractivity contribution in [2.45, 2.75) is 12.6 Å². The minimum Gasteiger partial charge on any atom is -0.387 e. The monoisotopic (exact) mass is 318 g/mol. The molecule has 0 unspecified atom stereocenters. The van der Waals surface area contributed by atoms with Gasteiger partial charge in [0.1, 0.15) is 5.82 Å². The van der Waals surface area contributed by atoms with Crippen LogP contribution in [0.15, 0.2) is 36.7 Å². The summed E-state index contributed by atoms with van der Waals surface area (Å²) >= 11 is 0. The molecule has 2 aromatic rings. The number of hydrogen-bond acceptors (Lipinski definition) is 4. The number of β-amino-alcohol motifs (C(OH)–C–C–N with tert-alkyl or cyclic N) is 1. The highest BCUT2D eigenvalue weighted by atomic mass is 19.1. The first-order valence-electron chi connectivity index (χ1n) is 7.96. The van der Waals surface area contributed by atoms with Gasteiger partial charge in [-0.1, -0.05) is 18.2 Å². The van der Waals surface area contributed by atoms with Gasteiger partial charge in [0.15, 0.2) is 0 Å². The van der Waals surface area contributed by atoms with E-state index < -0.39 is 6.10 Å². The zero-order valence-electron chi connectivity index (χ0n) is 13.4. The summed E-state index contributed by atoms with van der Waals surface area (Å²) in [4.78, 5) is 4.57. The van der Waals surface area contributed by atoms with Crippen LogP contribution in [0.5, 0.6) is 0 Å². The van der Waals surface area contributed by atoms with Crippen LogP contribution in [0, 0.1) is 5.82 Å². The number of nitrogens with zero attached hydrogens (tertiary/aromatic N) is 4. The zero-order valence-corrected chi connectivity index (χ0v) is 13.4. The Morgan fingerprint density at radius 2 is 1.87 bits per heavy atom. The molecule has 1 aliphatic rings. The van der Waals surface area contributed by atoms with Crippen molar-refractivity contribution >= 4 is 0 Å². The van der Waals surface area contributed by atoms with Crippen LogP contribution < -0.4 is 0 Å². The lowest BCUT2D eigenvalue weighted by atomic mass is 10.1. The fourth-order valence-electron chi connectivity index (χ4n) is 3.03. The Labute approximate surface area is 135 Å².